The van der Waals surface area contributed by atoms with Gasteiger partial charge >= 0.3 is 5.97 Å². The van der Waals surface area contributed by atoms with Gasteiger partial charge in [-0.25, -0.2) is 0 Å². The van der Waals surface area contributed by atoms with Gasteiger partial charge in [-0.2, -0.15) is 0 Å². The predicted octanol–water partition coefficient (Wildman–Crippen LogP) is 2.88. The van der Waals surface area contributed by atoms with E-state index in [-0.39, 0.29) is 10.6 Å². The van der Waals surface area contributed by atoms with Crippen LogP contribution < -0.4 is 5.32 Å². The topological polar surface area (TPSA) is 101 Å². The number of carbonyl (C=O) groups excluding carboxylic acids is 3. The van der Waals surface area contributed by atoms with Crippen molar-refractivity contribution in [1.82, 2.24) is 5.32 Å². The average molecular weight is 420 g/mol. The van der Waals surface area contributed by atoms with Gasteiger partial charge in [-0.15, -0.1) is 0 Å². The second-order valence-corrected chi connectivity index (χ2v) is 7.47. The third-order valence-electron chi connectivity index (χ3n) is 4.90. The van der Waals surface area contributed by atoms with E-state index >= 15 is 0 Å². The number of halogens is 2. The van der Waals surface area contributed by atoms with Crippen LogP contribution in [0, 0.1) is 5.92 Å². The summed E-state index contributed by atoms with van der Waals surface area (Å²) in [7, 11) is 0. The van der Waals surface area contributed by atoms with E-state index in [1.807, 2.05) is 0 Å². The Morgan fingerprint density at radius 1 is 1.07 bits per heavy atom. The molecule has 2 N–H and O–H groups in total. The highest BCUT2D eigenvalue weighted by Crippen LogP contribution is 2.43. The lowest BCUT2D eigenvalue weighted by Crippen LogP contribution is -2.53. The molecule has 2 atom stereocenters. The summed E-state index contributed by atoms with van der Waals surface area (Å²) in [5.41, 5.74) is -0.186. The minimum atomic E-state index is -1.68. The smallest absolute Gasteiger partial charge is 0.322 e. The first kappa shape index (κ1) is 20.0. The summed E-state index contributed by atoms with van der Waals surface area (Å²) in [4.78, 5) is 49.6. The average Bonchev–Trinajstić information content (AvgIpc) is 2.65. The largest absolute Gasteiger partial charge is 0.480 e. The molecule has 1 aliphatic carbocycles. The summed E-state index contributed by atoms with van der Waals surface area (Å²) in [5, 5.41) is 11.7. The molecule has 2 aromatic carbocycles. The fraction of sp³-hybridized carbons (Fsp3) is 0.200. The fourth-order valence-corrected chi connectivity index (χ4v) is 3.73. The van der Waals surface area contributed by atoms with Gasteiger partial charge in [0.05, 0.1) is 5.41 Å². The Bertz CT molecular complexity index is 1000. The second-order valence-electron chi connectivity index (χ2n) is 6.59. The molecule has 0 saturated heterocycles. The number of hydrogen-bond donors (Lipinski definition) is 2. The summed E-state index contributed by atoms with van der Waals surface area (Å²) in [6.07, 6.45) is 0. The molecule has 144 valence electrons. The summed E-state index contributed by atoms with van der Waals surface area (Å²) >= 11 is 12.0. The zero-order chi connectivity index (χ0) is 20.6. The minimum absolute atomic E-state index is 0.153. The van der Waals surface area contributed by atoms with E-state index in [4.69, 9.17) is 28.3 Å². The van der Waals surface area contributed by atoms with Gasteiger partial charge in [0.1, 0.15) is 6.54 Å². The predicted molar refractivity (Wildman–Crippen MR) is 103 cm³/mol. The third-order valence-corrected chi connectivity index (χ3v) is 5.39. The summed E-state index contributed by atoms with van der Waals surface area (Å²) in [6.45, 7) is 0.922. The van der Waals surface area contributed by atoms with Gasteiger partial charge in [0.2, 0.25) is 5.91 Å². The number of rotatable bonds is 4. The number of Topliss-reactive ketones (excluding diaryl/α,β-unsaturated/α-hetero) is 2. The minimum Gasteiger partial charge on any atom is -0.480 e. The number of benzene rings is 2. The Kier molecular flexibility index (Phi) is 5.28. The van der Waals surface area contributed by atoms with Crippen LogP contribution in [0.15, 0.2) is 42.5 Å². The van der Waals surface area contributed by atoms with Crippen molar-refractivity contribution in [1.29, 1.82) is 0 Å². The highest BCUT2D eigenvalue weighted by atomic mass is 35.5. The van der Waals surface area contributed by atoms with Crippen molar-refractivity contribution in [2.75, 3.05) is 6.54 Å². The lowest BCUT2D eigenvalue weighted by Gasteiger charge is -2.37. The first-order valence-electron chi connectivity index (χ1n) is 8.30. The molecule has 8 heteroatoms. The maximum absolute atomic E-state index is 13.4. The lowest BCUT2D eigenvalue weighted by atomic mass is 9.62. The number of carbonyl (C=O) groups is 4. The highest BCUT2D eigenvalue weighted by Gasteiger charge is 2.52. The van der Waals surface area contributed by atoms with Crippen LogP contribution in [-0.4, -0.2) is 35.1 Å². The second kappa shape index (κ2) is 7.37. The highest BCUT2D eigenvalue weighted by molar-refractivity contribution is 6.33. The van der Waals surface area contributed by atoms with Crippen molar-refractivity contribution in [2.24, 2.45) is 5.92 Å². The van der Waals surface area contributed by atoms with E-state index in [0.717, 1.165) is 0 Å². The number of nitrogens with one attached hydrogen (secondary N) is 1. The van der Waals surface area contributed by atoms with Gasteiger partial charge in [-0.3, -0.25) is 19.2 Å². The van der Waals surface area contributed by atoms with Crippen LogP contribution in [0.1, 0.15) is 28.4 Å². The number of carboxylic acid groups (broad SMARTS) is 1. The maximum Gasteiger partial charge on any atom is 0.322 e. The molecule has 0 heterocycles. The van der Waals surface area contributed by atoms with E-state index in [0.29, 0.717) is 16.1 Å². The molecule has 0 radical (unpaired) electrons. The van der Waals surface area contributed by atoms with Gasteiger partial charge in [-0.05, 0) is 42.3 Å². The summed E-state index contributed by atoms with van der Waals surface area (Å²) < 4.78 is 0. The molecular formula is C20H15Cl2NO5. The van der Waals surface area contributed by atoms with E-state index in [2.05, 4.69) is 5.32 Å². The summed E-state index contributed by atoms with van der Waals surface area (Å²) in [5.74, 6) is -5.27. The van der Waals surface area contributed by atoms with Crippen LogP contribution in [0.25, 0.3) is 0 Å². The molecule has 0 spiro atoms. The normalized spacial score (nSPS) is 21.2. The molecule has 3 rings (SSSR count). The van der Waals surface area contributed by atoms with Crippen LogP contribution >= 0.6 is 23.2 Å². The van der Waals surface area contributed by atoms with Crippen molar-refractivity contribution in [2.45, 2.75) is 12.3 Å². The number of aliphatic carboxylic acids is 1. The Balaban J connectivity index is 2.18. The van der Waals surface area contributed by atoms with Crippen molar-refractivity contribution in [3.8, 4) is 0 Å². The Morgan fingerprint density at radius 2 is 1.68 bits per heavy atom. The molecule has 1 amide bonds. The molecular weight excluding hydrogens is 405 g/mol. The third kappa shape index (κ3) is 3.30. The molecule has 1 aliphatic rings. The zero-order valence-electron chi connectivity index (χ0n) is 14.7. The van der Waals surface area contributed by atoms with Crippen molar-refractivity contribution in [3.63, 3.8) is 0 Å². The van der Waals surface area contributed by atoms with Crippen LogP contribution in [0.2, 0.25) is 10.0 Å². The molecule has 2 aromatic rings. The maximum atomic E-state index is 13.4. The fourth-order valence-electron chi connectivity index (χ4n) is 3.44. The zero-order valence-corrected chi connectivity index (χ0v) is 16.2. The number of hydrogen-bond acceptors (Lipinski definition) is 4. The molecule has 0 fully saturated rings. The standard InChI is InChI=1S/C20H15Cl2NO5/c1-20(10-2-4-11(21)5-3-10)14-7-6-12(22)8-13(14)17(26)16(18(20)27)19(28)23-9-15(24)25/h2-8,16H,9H2,1H3,(H,23,28)(H,24,25)/t16?,20-/m0/s1. The Hall–Kier alpha value is -2.70. The van der Waals surface area contributed by atoms with E-state index in [9.17, 15) is 19.2 Å². The molecule has 0 saturated carbocycles. The quantitative estimate of drug-likeness (QED) is 0.741. The first-order valence-corrected chi connectivity index (χ1v) is 9.06. The van der Waals surface area contributed by atoms with Crippen LogP contribution in [0.5, 0.6) is 0 Å². The number of fused-ring (bicyclic) bond motifs is 1. The van der Waals surface area contributed by atoms with Gasteiger partial charge < -0.3 is 10.4 Å². The number of amides is 1. The number of ketones is 2. The van der Waals surface area contributed by atoms with Gasteiger partial charge in [-0.1, -0.05) is 41.4 Å². The van der Waals surface area contributed by atoms with Crippen LogP contribution in [0.3, 0.4) is 0 Å². The molecule has 1 unspecified atom stereocenters. The monoisotopic (exact) mass is 419 g/mol. The molecule has 0 aliphatic heterocycles. The van der Waals surface area contributed by atoms with Crippen LogP contribution in [-0.2, 0) is 19.8 Å². The summed E-state index contributed by atoms with van der Waals surface area (Å²) in [6, 6.07) is 11.1. The van der Waals surface area contributed by atoms with E-state index < -0.39 is 41.3 Å². The number of carboxylic acids is 1. The molecule has 6 nitrogen and oxygen atoms in total. The van der Waals surface area contributed by atoms with E-state index in [1.165, 1.54) is 6.07 Å². The Morgan fingerprint density at radius 3 is 2.29 bits per heavy atom. The first-order chi connectivity index (χ1) is 13.2. The van der Waals surface area contributed by atoms with Crippen molar-refractivity contribution < 1.29 is 24.3 Å². The molecule has 0 bridgehead atoms. The SMILES string of the molecule is C[C@@]1(c2ccc(Cl)cc2)C(=O)C(C(=O)NCC(=O)O)C(=O)c2cc(Cl)ccc21. The Labute approximate surface area is 170 Å². The molecule has 28 heavy (non-hydrogen) atoms. The lowest BCUT2D eigenvalue weighted by molar-refractivity contribution is -0.140. The van der Waals surface area contributed by atoms with Gasteiger partial charge in [0, 0.05) is 15.6 Å². The van der Waals surface area contributed by atoms with Gasteiger partial charge in [0.25, 0.3) is 0 Å². The van der Waals surface area contributed by atoms with Crippen molar-refractivity contribution in [3.05, 3.63) is 69.2 Å². The van der Waals surface area contributed by atoms with Crippen LogP contribution in [0.4, 0.5) is 0 Å². The van der Waals surface area contributed by atoms with Gasteiger partial charge in [0.15, 0.2) is 17.5 Å². The van der Waals surface area contributed by atoms with E-state index in [1.54, 1.807) is 43.3 Å². The van der Waals surface area contributed by atoms with Crippen molar-refractivity contribution >= 4 is 46.6 Å². The molecule has 0 aromatic heterocycles.